The second kappa shape index (κ2) is 13.7. The number of pyridine rings is 1. The fourth-order valence-corrected chi connectivity index (χ4v) is 7.43. The lowest BCUT2D eigenvalue weighted by Gasteiger charge is -2.37. The monoisotopic (exact) mass is 642 g/mol. The SMILES string of the molecule is O=C1CCC(c2cccc(N3CCN(CCS(=O)N4CCC(Nc5ncc6cc(C(F)F)c(=O)[nH]c6n5)CC4)CC3)c2)C(=O)N1. The van der Waals surface area contributed by atoms with E-state index in [1.54, 1.807) is 0 Å². The van der Waals surface area contributed by atoms with E-state index in [1.165, 1.54) is 6.20 Å². The zero-order chi connectivity index (χ0) is 31.5. The molecule has 3 N–H and O–H groups in total. The first kappa shape index (κ1) is 31.2. The van der Waals surface area contributed by atoms with E-state index in [4.69, 9.17) is 0 Å². The molecule has 3 aliphatic heterocycles. The number of H-pyrrole nitrogens is 1. The van der Waals surface area contributed by atoms with Gasteiger partial charge in [0.05, 0.1) is 28.2 Å². The minimum absolute atomic E-state index is 0.0596. The fraction of sp³-hybridized carbons (Fsp3) is 0.500. The van der Waals surface area contributed by atoms with Crippen molar-refractivity contribution in [1.29, 1.82) is 0 Å². The lowest BCUT2D eigenvalue weighted by atomic mass is 9.90. The largest absolute Gasteiger partial charge is 0.369 e. The van der Waals surface area contributed by atoms with E-state index >= 15 is 0 Å². The lowest BCUT2D eigenvalue weighted by molar-refractivity contribution is -0.134. The normalized spacial score (nSPS) is 21.3. The summed E-state index contributed by atoms with van der Waals surface area (Å²) in [6.45, 7) is 5.43. The number of aromatic nitrogens is 3. The van der Waals surface area contributed by atoms with Gasteiger partial charge in [0.15, 0.2) is 0 Å². The van der Waals surface area contributed by atoms with Crippen LogP contribution in [-0.2, 0) is 20.6 Å². The van der Waals surface area contributed by atoms with Gasteiger partial charge in [-0.05, 0) is 43.0 Å². The number of piperazine rings is 1. The van der Waals surface area contributed by atoms with Gasteiger partial charge >= 0.3 is 0 Å². The number of fused-ring (bicyclic) bond motifs is 1. The van der Waals surface area contributed by atoms with Crippen molar-refractivity contribution in [2.75, 3.05) is 61.8 Å². The first-order valence-corrected chi connectivity index (χ1v) is 16.5. The van der Waals surface area contributed by atoms with Crippen LogP contribution in [0.4, 0.5) is 20.4 Å². The number of carbonyl (C=O) groups excluding carboxylic acids is 2. The highest BCUT2D eigenvalue weighted by Gasteiger charge is 2.29. The third-order valence-electron chi connectivity index (χ3n) is 8.76. The van der Waals surface area contributed by atoms with Crippen molar-refractivity contribution >= 4 is 45.5 Å². The second-order valence-electron chi connectivity index (χ2n) is 11.7. The number of carbonyl (C=O) groups is 2. The molecule has 0 aliphatic carbocycles. The van der Waals surface area contributed by atoms with E-state index in [0.29, 0.717) is 43.0 Å². The molecule has 2 aromatic heterocycles. The van der Waals surface area contributed by atoms with E-state index < -0.39 is 28.5 Å². The summed E-state index contributed by atoms with van der Waals surface area (Å²) >= 11 is 0. The van der Waals surface area contributed by atoms with Crippen molar-refractivity contribution in [2.24, 2.45) is 0 Å². The maximum Gasteiger partial charge on any atom is 0.269 e. The molecule has 12 nitrogen and oxygen atoms in total. The summed E-state index contributed by atoms with van der Waals surface area (Å²) in [6, 6.07) is 9.19. The van der Waals surface area contributed by atoms with E-state index in [9.17, 15) is 27.4 Å². The molecule has 0 bridgehead atoms. The highest BCUT2D eigenvalue weighted by atomic mass is 32.2. The van der Waals surface area contributed by atoms with Crippen LogP contribution in [0.2, 0.25) is 0 Å². The number of piperidine rings is 2. The Labute approximate surface area is 261 Å². The van der Waals surface area contributed by atoms with Crippen molar-refractivity contribution in [2.45, 2.75) is 44.1 Å². The van der Waals surface area contributed by atoms with Crippen LogP contribution in [0.5, 0.6) is 0 Å². The highest BCUT2D eigenvalue weighted by Crippen LogP contribution is 2.28. The number of benzene rings is 1. The maximum atomic E-state index is 13.1. The third kappa shape index (κ3) is 7.36. The van der Waals surface area contributed by atoms with Crippen LogP contribution in [0.3, 0.4) is 0 Å². The standard InChI is InChI=1S/C30H36F2N8O4S/c31-26(32)24-17-20-18-33-30(37-27(20)36-29(24)43)34-21-6-8-40(9-7-21)45(44)15-14-38-10-12-39(13-11-38)22-3-1-2-19(16-22)23-4-5-25(41)35-28(23)42/h1-3,16-18,21,23,26H,4-15H2,(H,35,41,42)(H2,33,34,36,37,43). The van der Waals surface area contributed by atoms with Gasteiger partial charge in [0.25, 0.3) is 12.0 Å². The van der Waals surface area contributed by atoms with Gasteiger partial charge in [-0.1, -0.05) is 12.1 Å². The van der Waals surface area contributed by atoms with Crippen molar-refractivity contribution in [3.05, 3.63) is 58.0 Å². The molecule has 240 valence electrons. The quantitative estimate of drug-likeness (QED) is 0.299. The first-order valence-electron chi connectivity index (χ1n) is 15.2. The van der Waals surface area contributed by atoms with E-state index in [1.807, 2.05) is 16.4 Å². The van der Waals surface area contributed by atoms with Gasteiger partial charge in [0.2, 0.25) is 17.8 Å². The molecule has 1 aromatic carbocycles. The van der Waals surface area contributed by atoms with Gasteiger partial charge in [0.1, 0.15) is 5.65 Å². The number of alkyl halides is 2. The van der Waals surface area contributed by atoms with Gasteiger partial charge in [-0.15, -0.1) is 0 Å². The molecule has 0 spiro atoms. The molecule has 2 atom stereocenters. The molecule has 2 amide bonds. The number of imide groups is 1. The van der Waals surface area contributed by atoms with Crippen molar-refractivity contribution in [3.8, 4) is 0 Å². The predicted molar refractivity (Wildman–Crippen MR) is 167 cm³/mol. The number of halogens is 2. The number of nitrogens with zero attached hydrogens (tertiary/aromatic N) is 5. The molecule has 45 heavy (non-hydrogen) atoms. The molecule has 6 rings (SSSR count). The van der Waals surface area contributed by atoms with E-state index in [-0.39, 0.29) is 29.4 Å². The van der Waals surface area contributed by atoms with Gasteiger partial charge in [-0.25, -0.2) is 22.3 Å². The molecule has 0 radical (unpaired) electrons. The summed E-state index contributed by atoms with van der Waals surface area (Å²) in [7, 11) is -1.10. The van der Waals surface area contributed by atoms with Crippen LogP contribution in [0.25, 0.3) is 11.0 Å². The van der Waals surface area contributed by atoms with Crippen LogP contribution in [-0.4, -0.2) is 97.8 Å². The van der Waals surface area contributed by atoms with Crippen LogP contribution >= 0.6 is 0 Å². The van der Waals surface area contributed by atoms with Gasteiger partial charge in [0, 0.05) is 75.5 Å². The summed E-state index contributed by atoms with van der Waals surface area (Å²) in [5, 5.41) is 6.03. The molecule has 15 heteroatoms. The number of amides is 2. The van der Waals surface area contributed by atoms with Crippen LogP contribution < -0.4 is 21.1 Å². The van der Waals surface area contributed by atoms with Gasteiger partial charge in [-0.2, -0.15) is 4.98 Å². The van der Waals surface area contributed by atoms with Crippen molar-refractivity contribution in [1.82, 2.24) is 29.5 Å². The Bertz CT molecular complexity index is 1640. The Morgan fingerprint density at radius 1 is 1.02 bits per heavy atom. The average molecular weight is 643 g/mol. The number of anilines is 2. The number of aromatic amines is 1. The van der Waals surface area contributed by atoms with Crippen molar-refractivity contribution in [3.63, 3.8) is 0 Å². The Morgan fingerprint density at radius 3 is 2.53 bits per heavy atom. The molecule has 3 aromatic rings. The van der Waals surface area contributed by atoms with Gasteiger partial charge < -0.3 is 15.2 Å². The molecule has 0 saturated carbocycles. The van der Waals surface area contributed by atoms with Crippen molar-refractivity contribution < 1.29 is 22.6 Å². The average Bonchev–Trinajstić information content (AvgIpc) is 3.04. The zero-order valence-corrected chi connectivity index (χ0v) is 25.5. The summed E-state index contributed by atoms with van der Waals surface area (Å²) in [5.41, 5.74) is 0.726. The van der Waals surface area contributed by atoms with Crippen LogP contribution in [0.1, 0.15) is 49.2 Å². The minimum Gasteiger partial charge on any atom is -0.369 e. The summed E-state index contributed by atoms with van der Waals surface area (Å²) in [6.07, 6.45) is 0.906. The topological polar surface area (TPSA) is 144 Å². The Hall–Kier alpha value is -3.82. The maximum absolute atomic E-state index is 13.1. The zero-order valence-electron chi connectivity index (χ0n) is 24.7. The summed E-state index contributed by atoms with van der Waals surface area (Å²) in [4.78, 5) is 51.3. The minimum atomic E-state index is -2.87. The second-order valence-corrected chi connectivity index (χ2v) is 13.2. The Morgan fingerprint density at radius 2 is 1.80 bits per heavy atom. The number of hydrogen-bond donors (Lipinski definition) is 3. The molecule has 5 heterocycles. The number of hydrogen-bond acceptors (Lipinski definition) is 9. The molecular weight excluding hydrogens is 606 g/mol. The molecular formula is C30H36F2N8O4S. The lowest BCUT2D eigenvalue weighted by Crippen LogP contribution is -2.48. The number of nitrogens with one attached hydrogen (secondary N) is 3. The summed E-state index contributed by atoms with van der Waals surface area (Å²) in [5.74, 6) is 0.128. The smallest absolute Gasteiger partial charge is 0.269 e. The van der Waals surface area contributed by atoms with E-state index in [0.717, 1.165) is 62.9 Å². The predicted octanol–water partition coefficient (Wildman–Crippen LogP) is 2.14. The van der Waals surface area contributed by atoms with Gasteiger partial charge in [-0.3, -0.25) is 24.6 Å². The molecule has 3 fully saturated rings. The molecule has 3 saturated heterocycles. The molecule has 3 aliphatic rings. The fourth-order valence-electron chi connectivity index (χ4n) is 6.14. The highest BCUT2D eigenvalue weighted by molar-refractivity contribution is 7.82. The third-order valence-corrected chi connectivity index (χ3v) is 10.2. The Kier molecular flexibility index (Phi) is 9.47. The number of rotatable bonds is 9. The van der Waals surface area contributed by atoms with E-state index in [2.05, 4.69) is 47.5 Å². The molecule has 2 unspecified atom stereocenters. The summed E-state index contributed by atoms with van der Waals surface area (Å²) < 4.78 is 41.1. The first-order chi connectivity index (χ1) is 21.7. The van der Waals surface area contributed by atoms with Crippen LogP contribution in [0, 0.1) is 0 Å². The van der Waals surface area contributed by atoms with Crippen LogP contribution in [0.15, 0.2) is 41.3 Å². The Balaban J connectivity index is 0.933.